The van der Waals surface area contributed by atoms with Gasteiger partial charge in [0.05, 0.1) is 5.75 Å². The number of rotatable bonds is 3. The van der Waals surface area contributed by atoms with Gasteiger partial charge in [-0.3, -0.25) is 0 Å². The third kappa shape index (κ3) is 3.09. The van der Waals surface area contributed by atoms with Gasteiger partial charge in [0.25, 0.3) is 0 Å². The van der Waals surface area contributed by atoms with Crippen molar-refractivity contribution in [2.24, 2.45) is 0 Å². The van der Waals surface area contributed by atoms with E-state index in [1.807, 2.05) is 0 Å². The molecule has 5 heteroatoms. The molecular weight excluding hydrogens is 260 g/mol. The zero-order valence-corrected chi connectivity index (χ0v) is 12.7. The Balaban J connectivity index is 2.11. The molecule has 0 radical (unpaired) electrons. The SMILES string of the molecule is CCS(=O)(=O)N1CCN(c2ccc(C)cc2)C(C)C1. The molecule has 0 saturated carbocycles. The molecule has 1 fully saturated rings. The smallest absolute Gasteiger partial charge is 0.213 e. The lowest BCUT2D eigenvalue weighted by Gasteiger charge is -2.40. The number of anilines is 1. The van der Waals surface area contributed by atoms with E-state index in [9.17, 15) is 8.42 Å². The maximum Gasteiger partial charge on any atom is 0.213 e. The number of nitrogens with zero attached hydrogens (tertiary/aromatic N) is 2. The van der Waals surface area contributed by atoms with E-state index in [4.69, 9.17) is 0 Å². The fraction of sp³-hybridized carbons (Fsp3) is 0.571. The van der Waals surface area contributed by atoms with Crippen molar-refractivity contribution in [2.75, 3.05) is 30.3 Å². The number of hydrogen-bond acceptors (Lipinski definition) is 3. The zero-order valence-electron chi connectivity index (χ0n) is 11.8. The molecule has 0 N–H and O–H groups in total. The lowest BCUT2D eigenvalue weighted by Crippen LogP contribution is -2.54. The van der Waals surface area contributed by atoms with E-state index in [1.165, 1.54) is 11.3 Å². The molecule has 1 saturated heterocycles. The van der Waals surface area contributed by atoms with Crippen molar-refractivity contribution >= 4 is 15.7 Å². The molecule has 0 aliphatic carbocycles. The fourth-order valence-corrected chi connectivity index (χ4v) is 3.65. The summed E-state index contributed by atoms with van der Waals surface area (Å²) in [5.41, 5.74) is 2.41. The summed E-state index contributed by atoms with van der Waals surface area (Å²) in [6.45, 7) is 7.75. The van der Waals surface area contributed by atoms with Crippen LogP contribution in [-0.2, 0) is 10.0 Å². The molecule has 4 nitrogen and oxygen atoms in total. The number of hydrogen-bond donors (Lipinski definition) is 0. The van der Waals surface area contributed by atoms with Crippen LogP contribution in [0.2, 0.25) is 0 Å². The van der Waals surface area contributed by atoms with Gasteiger partial charge in [-0.05, 0) is 32.9 Å². The van der Waals surface area contributed by atoms with E-state index < -0.39 is 10.0 Å². The van der Waals surface area contributed by atoms with E-state index in [0.717, 1.165) is 6.54 Å². The van der Waals surface area contributed by atoms with E-state index in [1.54, 1.807) is 11.2 Å². The van der Waals surface area contributed by atoms with Crippen LogP contribution in [0, 0.1) is 6.92 Å². The monoisotopic (exact) mass is 282 g/mol. The standard InChI is InChI=1S/C14H22N2O2S/c1-4-19(17,18)15-9-10-16(13(3)11-15)14-7-5-12(2)6-8-14/h5-8,13H,4,9-11H2,1-3H3. The fourth-order valence-electron chi connectivity index (χ4n) is 2.48. The Morgan fingerprint density at radius 3 is 2.37 bits per heavy atom. The third-order valence-corrected chi connectivity index (χ3v) is 5.56. The van der Waals surface area contributed by atoms with Crippen molar-refractivity contribution in [2.45, 2.75) is 26.8 Å². The van der Waals surface area contributed by atoms with E-state index in [-0.39, 0.29) is 11.8 Å². The van der Waals surface area contributed by atoms with Gasteiger partial charge in [-0.1, -0.05) is 17.7 Å². The highest BCUT2D eigenvalue weighted by Gasteiger charge is 2.29. The Labute approximate surface area is 116 Å². The van der Waals surface area contributed by atoms with Gasteiger partial charge in [0.15, 0.2) is 0 Å². The van der Waals surface area contributed by atoms with Gasteiger partial charge in [0, 0.05) is 31.4 Å². The number of piperazine rings is 1. The summed E-state index contributed by atoms with van der Waals surface area (Å²) in [6.07, 6.45) is 0. The summed E-state index contributed by atoms with van der Waals surface area (Å²) < 4.78 is 25.4. The van der Waals surface area contributed by atoms with Gasteiger partial charge in [-0.15, -0.1) is 0 Å². The lowest BCUT2D eigenvalue weighted by atomic mass is 10.1. The van der Waals surface area contributed by atoms with Gasteiger partial charge < -0.3 is 4.90 Å². The normalized spacial score (nSPS) is 21.6. The van der Waals surface area contributed by atoms with Crippen LogP contribution in [-0.4, -0.2) is 44.2 Å². The summed E-state index contributed by atoms with van der Waals surface area (Å²) in [5.74, 6) is 0.185. The minimum absolute atomic E-state index is 0.185. The Kier molecular flexibility index (Phi) is 4.16. The molecule has 0 bridgehead atoms. The first-order valence-corrected chi connectivity index (χ1v) is 8.36. The van der Waals surface area contributed by atoms with Gasteiger partial charge in [-0.25, -0.2) is 8.42 Å². The summed E-state index contributed by atoms with van der Waals surface area (Å²) >= 11 is 0. The Hall–Kier alpha value is -1.07. The van der Waals surface area contributed by atoms with Crippen LogP contribution >= 0.6 is 0 Å². The van der Waals surface area contributed by atoms with Gasteiger partial charge >= 0.3 is 0 Å². The minimum Gasteiger partial charge on any atom is -0.366 e. The predicted molar refractivity (Wildman–Crippen MR) is 79.0 cm³/mol. The number of benzene rings is 1. The summed E-state index contributed by atoms with van der Waals surface area (Å²) in [7, 11) is -3.06. The Bertz CT molecular complexity index is 525. The van der Waals surface area contributed by atoms with Crippen molar-refractivity contribution in [3.05, 3.63) is 29.8 Å². The molecule has 106 valence electrons. The Morgan fingerprint density at radius 2 is 1.84 bits per heavy atom. The molecule has 1 aromatic rings. The Morgan fingerprint density at radius 1 is 1.21 bits per heavy atom. The lowest BCUT2D eigenvalue weighted by molar-refractivity contribution is 0.343. The molecule has 1 aliphatic rings. The second kappa shape index (κ2) is 5.51. The molecule has 1 aromatic carbocycles. The van der Waals surface area contributed by atoms with Crippen LogP contribution in [0.4, 0.5) is 5.69 Å². The predicted octanol–water partition coefficient (Wildman–Crippen LogP) is 1.86. The van der Waals surface area contributed by atoms with Crippen molar-refractivity contribution in [3.63, 3.8) is 0 Å². The summed E-state index contributed by atoms with van der Waals surface area (Å²) in [5, 5.41) is 0. The first-order chi connectivity index (χ1) is 8.94. The molecular formula is C14H22N2O2S. The topological polar surface area (TPSA) is 40.6 Å². The van der Waals surface area contributed by atoms with Crippen LogP contribution in [0.5, 0.6) is 0 Å². The van der Waals surface area contributed by atoms with Gasteiger partial charge in [0.2, 0.25) is 10.0 Å². The van der Waals surface area contributed by atoms with Crippen molar-refractivity contribution in [1.82, 2.24) is 4.31 Å². The van der Waals surface area contributed by atoms with E-state index >= 15 is 0 Å². The number of sulfonamides is 1. The minimum atomic E-state index is -3.06. The average molecular weight is 282 g/mol. The first kappa shape index (κ1) is 14.3. The van der Waals surface area contributed by atoms with Crippen LogP contribution in [0.15, 0.2) is 24.3 Å². The molecule has 0 amide bonds. The molecule has 2 rings (SSSR count). The summed E-state index contributed by atoms with van der Waals surface area (Å²) in [6, 6.07) is 8.61. The third-order valence-electron chi connectivity index (χ3n) is 3.71. The largest absolute Gasteiger partial charge is 0.366 e. The first-order valence-electron chi connectivity index (χ1n) is 6.75. The second-order valence-electron chi connectivity index (χ2n) is 5.14. The molecule has 1 heterocycles. The zero-order chi connectivity index (χ0) is 14.0. The van der Waals surface area contributed by atoms with Crippen molar-refractivity contribution in [1.29, 1.82) is 0 Å². The number of aryl methyl sites for hydroxylation is 1. The van der Waals surface area contributed by atoms with Crippen LogP contribution in [0.25, 0.3) is 0 Å². The van der Waals surface area contributed by atoms with Crippen LogP contribution in [0.1, 0.15) is 19.4 Å². The van der Waals surface area contributed by atoms with Crippen LogP contribution in [0.3, 0.4) is 0 Å². The molecule has 1 unspecified atom stereocenters. The molecule has 19 heavy (non-hydrogen) atoms. The van der Waals surface area contributed by atoms with E-state index in [2.05, 4.69) is 43.0 Å². The van der Waals surface area contributed by atoms with Gasteiger partial charge in [-0.2, -0.15) is 4.31 Å². The van der Waals surface area contributed by atoms with Crippen LogP contribution < -0.4 is 4.90 Å². The maximum absolute atomic E-state index is 11.9. The second-order valence-corrected chi connectivity index (χ2v) is 7.39. The summed E-state index contributed by atoms with van der Waals surface area (Å²) in [4.78, 5) is 2.28. The molecule has 0 aromatic heterocycles. The highest BCUT2D eigenvalue weighted by molar-refractivity contribution is 7.89. The maximum atomic E-state index is 11.9. The van der Waals surface area contributed by atoms with Crippen molar-refractivity contribution < 1.29 is 8.42 Å². The highest BCUT2D eigenvalue weighted by Crippen LogP contribution is 2.22. The molecule has 1 aliphatic heterocycles. The molecule has 0 spiro atoms. The van der Waals surface area contributed by atoms with E-state index in [0.29, 0.717) is 13.1 Å². The van der Waals surface area contributed by atoms with Gasteiger partial charge in [0.1, 0.15) is 0 Å². The molecule has 1 atom stereocenters. The average Bonchev–Trinajstić information content (AvgIpc) is 2.40. The van der Waals surface area contributed by atoms with Crippen molar-refractivity contribution in [3.8, 4) is 0 Å². The highest BCUT2D eigenvalue weighted by atomic mass is 32.2. The quantitative estimate of drug-likeness (QED) is 0.849.